The fourth-order valence-corrected chi connectivity index (χ4v) is 2.80. The van der Waals surface area contributed by atoms with Gasteiger partial charge in [0.05, 0.1) is 5.41 Å². The van der Waals surface area contributed by atoms with Crippen molar-refractivity contribution in [2.75, 3.05) is 0 Å². The summed E-state index contributed by atoms with van der Waals surface area (Å²) in [7, 11) is 0. The first kappa shape index (κ1) is 11.4. The van der Waals surface area contributed by atoms with E-state index < -0.39 is 0 Å². The molecule has 14 heavy (non-hydrogen) atoms. The highest BCUT2D eigenvalue weighted by atomic mass is 32.1. The van der Waals surface area contributed by atoms with Crippen LogP contribution in [-0.2, 0) is 10.2 Å². The molecule has 2 heteroatoms. The van der Waals surface area contributed by atoms with Gasteiger partial charge in [-0.1, -0.05) is 26.7 Å². The lowest BCUT2D eigenvalue weighted by molar-refractivity contribution is -0.113. The highest BCUT2D eigenvalue weighted by Gasteiger charge is 2.30. The van der Waals surface area contributed by atoms with Crippen LogP contribution in [0.1, 0.15) is 45.1 Å². The standard InChI is InChI=1S/C12H18OS/c1-3-6-12(10-13,7-4-2)11-5-8-14-9-11/h5,8-10H,3-4,6-7H2,1-2H3. The first-order valence-corrected chi connectivity index (χ1v) is 6.22. The molecular weight excluding hydrogens is 192 g/mol. The average Bonchev–Trinajstić information content (AvgIpc) is 2.70. The predicted octanol–water partition coefficient (Wildman–Crippen LogP) is 3.79. The van der Waals surface area contributed by atoms with Crippen molar-refractivity contribution >= 4 is 17.6 Å². The lowest BCUT2D eigenvalue weighted by Gasteiger charge is -2.26. The van der Waals surface area contributed by atoms with Gasteiger partial charge in [0.1, 0.15) is 6.29 Å². The molecule has 1 aromatic heterocycles. The minimum Gasteiger partial charge on any atom is -0.302 e. The fourth-order valence-electron chi connectivity index (χ4n) is 2.04. The lowest BCUT2D eigenvalue weighted by Crippen LogP contribution is -2.27. The minimum absolute atomic E-state index is 0.205. The third-order valence-electron chi connectivity index (χ3n) is 2.71. The highest BCUT2D eigenvalue weighted by Crippen LogP contribution is 2.33. The van der Waals surface area contributed by atoms with E-state index in [0.717, 1.165) is 32.0 Å². The molecule has 0 atom stereocenters. The monoisotopic (exact) mass is 210 g/mol. The molecule has 1 aromatic rings. The van der Waals surface area contributed by atoms with Gasteiger partial charge in [0.25, 0.3) is 0 Å². The first-order valence-electron chi connectivity index (χ1n) is 5.28. The molecule has 0 amide bonds. The summed E-state index contributed by atoms with van der Waals surface area (Å²) in [6.07, 6.45) is 5.23. The zero-order chi connectivity index (χ0) is 10.4. The summed E-state index contributed by atoms with van der Waals surface area (Å²) in [6.45, 7) is 4.28. The van der Waals surface area contributed by atoms with Gasteiger partial charge in [-0.15, -0.1) is 0 Å². The molecule has 1 nitrogen and oxygen atoms in total. The van der Waals surface area contributed by atoms with Gasteiger partial charge in [0, 0.05) is 0 Å². The molecule has 0 radical (unpaired) electrons. The number of rotatable bonds is 6. The van der Waals surface area contributed by atoms with Crippen LogP contribution in [0.15, 0.2) is 16.8 Å². The SMILES string of the molecule is CCCC(C=O)(CCC)c1ccsc1. The Bertz CT molecular complexity index is 258. The summed E-state index contributed by atoms with van der Waals surface area (Å²) in [5, 5.41) is 4.17. The van der Waals surface area contributed by atoms with Crippen molar-refractivity contribution in [3.63, 3.8) is 0 Å². The molecule has 0 N–H and O–H groups in total. The number of thiophene rings is 1. The number of hydrogen-bond donors (Lipinski definition) is 0. The van der Waals surface area contributed by atoms with E-state index >= 15 is 0 Å². The van der Waals surface area contributed by atoms with Crippen molar-refractivity contribution in [1.82, 2.24) is 0 Å². The Hall–Kier alpha value is -0.630. The number of carbonyl (C=O) groups excluding carboxylic acids is 1. The van der Waals surface area contributed by atoms with Crippen LogP contribution in [0, 0.1) is 0 Å². The molecule has 0 aromatic carbocycles. The maximum atomic E-state index is 11.3. The predicted molar refractivity (Wildman–Crippen MR) is 61.9 cm³/mol. The Balaban J connectivity index is 2.94. The van der Waals surface area contributed by atoms with E-state index in [2.05, 4.69) is 30.7 Å². The molecule has 1 rings (SSSR count). The minimum atomic E-state index is -0.205. The van der Waals surface area contributed by atoms with Crippen LogP contribution in [0.5, 0.6) is 0 Å². The third kappa shape index (κ3) is 2.24. The van der Waals surface area contributed by atoms with Crippen molar-refractivity contribution in [3.8, 4) is 0 Å². The molecule has 0 bridgehead atoms. The molecule has 0 fully saturated rings. The van der Waals surface area contributed by atoms with Crippen molar-refractivity contribution in [2.24, 2.45) is 0 Å². The zero-order valence-corrected chi connectivity index (χ0v) is 9.77. The van der Waals surface area contributed by atoms with Crippen molar-refractivity contribution in [3.05, 3.63) is 22.4 Å². The maximum absolute atomic E-state index is 11.3. The first-order chi connectivity index (χ1) is 6.79. The molecule has 0 aliphatic heterocycles. The normalized spacial score (nSPS) is 11.6. The van der Waals surface area contributed by atoms with Crippen LogP contribution in [0.3, 0.4) is 0 Å². The topological polar surface area (TPSA) is 17.1 Å². The van der Waals surface area contributed by atoms with E-state index in [-0.39, 0.29) is 5.41 Å². The van der Waals surface area contributed by atoms with Gasteiger partial charge in [0.2, 0.25) is 0 Å². The molecular formula is C12H18OS. The summed E-state index contributed by atoms with van der Waals surface area (Å²) in [4.78, 5) is 11.3. The quantitative estimate of drug-likeness (QED) is 0.653. The smallest absolute Gasteiger partial charge is 0.130 e. The van der Waals surface area contributed by atoms with E-state index in [4.69, 9.17) is 0 Å². The third-order valence-corrected chi connectivity index (χ3v) is 3.40. The average molecular weight is 210 g/mol. The second-order valence-corrected chi connectivity index (χ2v) is 4.57. The van der Waals surface area contributed by atoms with Crippen LogP contribution in [0.4, 0.5) is 0 Å². The van der Waals surface area contributed by atoms with Gasteiger partial charge < -0.3 is 4.79 Å². The molecule has 0 saturated heterocycles. The Labute approximate surface area is 90.2 Å². The molecule has 0 saturated carbocycles. The van der Waals surface area contributed by atoms with Gasteiger partial charge in [0.15, 0.2) is 0 Å². The van der Waals surface area contributed by atoms with Crippen LogP contribution in [-0.4, -0.2) is 6.29 Å². The Kier molecular flexibility index (Phi) is 4.33. The maximum Gasteiger partial charge on any atom is 0.130 e. The summed E-state index contributed by atoms with van der Waals surface area (Å²) in [5.41, 5.74) is 1.00. The lowest BCUT2D eigenvalue weighted by atomic mass is 9.76. The van der Waals surface area contributed by atoms with Crippen molar-refractivity contribution < 1.29 is 4.79 Å². The zero-order valence-electron chi connectivity index (χ0n) is 8.95. The Morgan fingerprint density at radius 2 is 2.00 bits per heavy atom. The van der Waals surface area contributed by atoms with Crippen LogP contribution in [0.2, 0.25) is 0 Å². The van der Waals surface area contributed by atoms with Crippen LogP contribution < -0.4 is 0 Å². The van der Waals surface area contributed by atoms with Gasteiger partial charge in [-0.2, -0.15) is 11.3 Å². The molecule has 0 aliphatic rings. The van der Waals surface area contributed by atoms with Gasteiger partial charge in [-0.3, -0.25) is 0 Å². The van der Waals surface area contributed by atoms with Crippen molar-refractivity contribution in [1.29, 1.82) is 0 Å². The van der Waals surface area contributed by atoms with Crippen LogP contribution in [0.25, 0.3) is 0 Å². The number of aldehydes is 1. The van der Waals surface area contributed by atoms with E-state index in [0.29, 0.717) is 0 Å². The summed E-state index contributed by atoms with van der Waals surface area (Å²) >= 11 is 1.67. The molecule has 78 valence electrons. The Morgan fingerprint density at radius 1 is 1.36 bits per heavy atom. The largest absolute Gasteiger partial charge is 0.302 e. The molecule has 0 spiro atoms. The number of hydrogen-bond acceptors (Lipinski definition) is 2. The fraction of sp³-hybridized carbons (Fsp3) is 0.583. The molecule has 0 unspecified atom stereocenters. The van der Waals surface area contributed by atoms with Crippen LogP contribution >= 0.6 is 11.3 Å². The second kappa shape index (κ2) is 5.30. The van der Waals surface area contributed by atoms with Gasteiger partial charge in [-0.05, 0) is 35.2 Å². The summed E-state index contributed by atoms with van der Waals surface area (Å²) in [6, 6.07) is 2.09. The molecule has 1 heterocycles. The van der Waals surface area contributed by atoms with Crippen molar-refractivity contribution in [2.45, 2.75) is 44.9 Å². The number of carbonyl (C=O) groups is 1. The highest BCUT2D eigenvalue weighted by molar-refractivity contribution is 7.08. The van der Waals surface area contributed by atoms with E-state index in [9.17, 15) is 4.79 Å². The van der Waals surface area contributed by atoms with Gasteiger partial charge in [-0.25, -0.2) is 0 Å². The van der Waals surface area contributed by atoms with E-state index in [1.165, 1.54) is 5.56 Å². The van der Waals surface area contributed by atoms with Gasteiger partial charge >= 0.3 is 0 Å². The Morgan fingerprint density at radius 3 is 2.36 bits per heavy atom. The summed E-state index contributed by atoms with van der Waals surface area (Å²) in [5.74, 6) is 0. The second-order valence-electron chi connectivity index (χ2n) is 3.79. The van der Waals surface area contributed by atoms with E-state index in [1.54, 1.807) is 11.3 Å². The van der Waals surface area contributed by atoms with E-state index in [1.807, 2.05) is 0 Å². The molecule has 0 aliphatic carbocycles. The summed E-state index contributed by atoms with van der Waals surface area (Å²) < 4.78 is 0.